The first-order valence-electron chi connectivity index (χ1n) is 7.37. The van der Waals surface area contributed by atoms with E-state index in [-0.39, 0.29) is 0 Å². The molecule has 1 aliphatic carbocycles. The number of nitrogens with one attached hydrogen (secondary N) is 1. The lowest BCUT2D eigenvalue weighted by molar-refractivity contribution is 0.465. The summed E-state index contributed by atoms with van der Waals surface area (Å²) in [6.45, 7) is 3.28. The molecule has 1 N–H and O–H groups in total. The minimum Gasteiger partial charge on any atom is -0.309 e. The van der Waals surface area contributed by atoms with Crippen LogP contribution in [0.25, 0.3) is 10.6 Å². The second-order valence-corrected chi connectivity index (χ2v) is 7.65. The highest BCUT2D eigenvalue weighted by Gasteiger charge is 2.24. The summed E-state index contributed by atoms with van der Waals surface area (Å²) < 4.78 is 0.926. The van der Waals surface area contributed by atoms with Crippen molar-refractivity contribution in [1.29, 1.82) is 0 Å². The van der Waals surface area contributed by atoms with Crippen LogP contribution in [0.4, 0.5) is 0 Å². The molecule has 0 aliphatic heterocycles. The number of hydrogen-bond acceptors (Lipinski definition) is 3. The van der Waals surface area contributed by atoms with Gasteiger partial charge in [0.15, 0.2) is 0 Å². The number of rotatable bonds is 4. The Hall–Kier alpha value is -0.420. The van der Waals surface area contributed by atoms with Gasteiger partial charge in [0.2, 0.25) is 0 Å². The van der Waals surface area contributed by atoms with Gasteiger partial charge in [0.25, 0.3) is 0 Å². The lowest BCUT2D eigenvalue weighted by Gasteiger charge is -2.22. The van der Waals surface area contributed by atoms with Gasteiger partial charge in [-0.15, -0.1) is 11.3 Å². The molecule has 1 atom stereocenters. The Morgan fingerprint density at radius 1 is 1.48 bits per heavy atom. The zero-order valence-electron chi connectivity index (χ0n) is 12.0. The van der Waals surface area contributed by atoms with Gasteiger partial charge in [0, 0.05) is 21.0 Å². The second kappa shape index (κ2) is 6.78. The molecule has 0 radical (unpaired) electrons. The number of thiazole rings is 1. The SMILES string of the molecule is CCCNC1CCCc2nc(-c3ccc(Cl)c(Br)c3)sc21. The number of aryl methyl sites for hydroxylation is 1. The van der Waals surface area contributed by atoms with E-state index in [4.69, 9.17) is 16.6 Å². The standard InChI is InChI=1S/C16H18BrClN2S/c1-2-8-19-13-4-3-5-14-15(13)21-16(20-14)10-6-7-12(18)11(17)9-10/h6-7,9,13,19H,2-5,8H2,1H3. The molecule has 0 spiro atoms. The average molecular weight is 386 g/mol. The lowest BCUT2D eigenvalue weighted by atomic mass is 9.98. The highest BCUT2D eigenvalue weighted by molar-refractivity contribution is 9.10. The van der Waals surface area contributed by atoms with Gasteiger partial charge in [-0.2, -0.15) is 0 Å². The molecule has 0 saturated carbocycles. The Bertz CT molecular complexity index is 641. The lowest BCUT2D eigenvalue weighted by Crippen LogP contribution is -2.24. The van der Waals surface area contributed by atoms with E-state index in [1.807, 2.05) is 23.5 Å². The first kappa shape index (κ1) is 15.5. The molecule has 3 rings (SSSR count). The molecule has 1 aromatic carbocycles. The van der Waals surface area contributed by atoms with Crippen molar-refractivity contribution in [3.05, 3.63) is 38.3 Å². The van der Waals surface area contributed by atoms with E-state index in [9.17, 15) is 0 Å². The van der Waals surface area contributed by atoms with Crippen LogP contribution in [0.1, 0.15) is 42.8 Å². The summed E-state index contributed by atoms with van der Waals surface area (Å²) >= 11 is 11.4. The maximum absolute atomic E-state index is 6.08. The fourth-order valence-electron chi connectivity index (χ4n) is 2.69. The van der Waals surface area contributed by atoms with E-state index in [2.05, 4.69) is 34.2 Å². The Morgan fingerprint density at radius 2 is 2.33 bits per heavy atom. The maximum Gasteiger partial charge on any atom is 0.123 e. The molecule has 2 aromatic rings. The van der Waals surface area contributed by atoms with Gasteiger partial charge in [-0.25, -0.2) is 4.98 Å². The van der Waals surface area contributed by atoms with Crippen LogP contribution in [0.5, 0.6) is 0 Å². The highest BCUT2D eigenvalue weighted by Crippen LogP contribution is 2.39. The van der Waals surface area contributed by atoms with E-state index in [0.717, 1.165) is 33.0 Å². The number of fused-ring (bicyclic) bond motifs is 1. The third-order valence-corrected chi connectivity index (χ3v) is 6.23. The summed E-state index contributed by atoms with van der Waals surface area (Å²) in [5.41, 5.74) is 2.42. The predicted molar refractivity (Wildman–Crippen MR) is 94.2 cm³/mol. The predicted octanol–water partition coefficient (Wildman–Crippen LogP) is 5.60. The van der Waals surface area contributed by atoms with Gasteiger partial charge >= 0.3 is 0 Å². The molecule has 1 heterocycles. The summed E-state index contributed by atoms with van der Waals surface area (Å²) in [7, 11) is 0. The molecular weight excluding hydrogens is 368 g/mol. The summed E-state index contributed by atoms with van der Waals surface area (Å²) in [6.07, 6.45) is 4.72. The van der Waals surface area contributed by atoms with Gasteiger partial charge in [0.05, 0.1) is 10.7 Å². The quantitative estimate of drug-likeness (QED) is 0.740. The average Bonchev–Trinajstić information content (AvgIpc) is 2.92. The Balaban J connectivity index is 1.91. The Morgan fingerprint density at radius 3 is 3.10 bits per heavy atom. The van der Waals surface area contributed by atoms with Crippen LogP contribution in [0, 0.1) is 0 Å². The maximum atomic E-state index is 6.08. The number of benzene rings is 1. The number of hydrogen-bond donors (Lipinski definition) is 1. The van der Waals surface area contributed by atoms with Gasteiger partial charge in [0.1, 0.15) is 5.01 Å². The van der Waals surface area contributed by atoms with Gasteiger partial charge < -0.3 is 5.32 Å². The van der Waals surface area contributed by atoms with E-state index >= 15 is 0 Å². The van der Waals surface area contributed by atoms with Crippen LogP contribution in [0.15, 0.2) is 22.7 Å². The number of halogens is 2. The van der Waals surface area contributed by atoms with Crippen molar-refractivity contribution in [3.8, 4) is 10.6 Å². The molecule has 1 unspecified atom stereocenters. The fraction of sp³-hybridized carbons (Fsp3) is 0.438. The number of nitrogens with zero attached hydrogens (tertiary/aromatic N) is 1. The van der Waals surface area contributed by atoms with Crippen LogP contribution in [-0.4, -0.2) is 11.5 Å². The second-order valence-electron chi connectivity index (χ2n) is 5.36. The Labute approximate surface area is 143 Å². The zero-order valence-corrected chi connectivity index (χ0v) is 15.1. The van der Waals surface area contributed by atoms with E-state index in [0.29, 0.717) is 6.04 Å². The Kier molecular flexibility index (Phi) is 4.99. The van der Waals surface area contributed by atoms with Crippen molar-refractivity contribution in [1.82, 2.24) is 10.3 Å². The molecule has 112 valence electrons. The topological polar surface area (TPSA) is 24.9 Å². The van der Waals surface area contributed by atoms with Crippen molar-refractivity contribution in [2.24, 2.45) is 0 Å². The summed E-state index contributed by atoms with van der Waals surface area (Å²) in [5.74, 6) is 0. The molecule has 0 bridgehead atoms. The van der Waals surface area contributed by atoms with Gasteiger partial charge in [-0.3, -0.25) is 0 Å². The summed E-state index contributed by atoms with van der Waals surface area (Å²) in [4.78, 5) is 6.29. The minimum atomic E-state index is 0.482. The molecule has 0 amide bonds. The van der Waals surface area contributed by atoms with Crippen LogP contribution < -0.4 is 5.32 Å². The highest BCUT2D eigenvalue weighted by atomic mass is 79.9. The van der Waals surface area contributed by atoms with Crippen LogP contribution in [-0.2, 0) is 6.42 Å². The number of aromatic nitrogens is 1. The molecule has 0 saturated heterocycles. The van der Waals surface area contributed by atoms with E-state index < -0.39 is 0 Å². The molecule has 2 nitrogen and oxygen atoms in total. The van der Waals surface area contributed by atoms with Crippen molar-refractivity contribution >= 4 is 38.9 Å². The van der Waals surface area contributed by atoms with Gasteiger partial charge in [-0.1, -0.05) is 24.6 Å². The molecule has 1 aromatic heterocycles. The molecule has 5 heteroatoms. The monoisotopic (exact) mass is 384 g/mol. The van der Waals surface area contributed by atoms with E-state index in [1.54, 1.807) is 0 Å². The van der Waals surface area contributed by atoms with Crippen molar-refractivity contribution in [2.45, 2.75) is 38.6 Å². The van der Waals surface area contributed by atoms with Crippen LogP contribution in [0.3, 0.4) is 0 Å². The molecule has 21 heavy (non-hydrogen) atoms. The molecule has 0 fully saturated rings. The summed E-state index contributed by atoms with van der Waals surface area (Å²) in [5, 5.41) is 5.49. The van der Waals surface area contributed by atoms with Crippen molar-refractivity contribution in [2.75, 3.05) is 6.54 Å². The summed E-state index contributed by atoms with van der Waals surface area (Å²) in [6, 6.07) is 6.51. The normalized spacial score (nSPS) is 17.8. The zero-order chi connectivity index (χ0) is 14.8. The van der Waals surface area contributed by atoms with E-state index in [1.165, 1.54) is 29.8 Å². The van der Waals surface area contributed by atoms with Crippen molar-refractivity contribution in [3.63, 3.8) is 0 Å². The smallest absolute Gasteiger partial charge is 0.123 e. The van der Waals surface area contributed by atoms with Gasteiger partial charge in [-0.05, 0) is 60.3 Å². The minimum absolute atomic E-state index is 0.482. The van der Waals surface area contributed by atoms with Crippen LogP contribution >= 0.6 is 38.9 Å². The fourth-order valence-corrected chi connectivity index (χ4v) is 4.40. The third kappa shape index (κ3) is 3.34. The first-order chi connectivity index (χ1) is 10.2. The van der Waals surface area contributed by atoms with Crippen molar-refractivity contribution < 1.29 is 0 Å². The first-order valence-corrected chi connectivity index (χ1v) is 9.36. The van der Waals surface area contributed by atoms with Crippen LogP contribution in [0.2, 0.25) is 5.02 Å². The molecule has 1 aliphatic rings. The largest absolute Gasteiger partial charge is 0.309 e. The third-order valence-electron chi connectivity index (χ3n) is 3.76. The molecular formula is C16H18BrClN2S.